The first kappa shape index (κ1) is 15.0. The summed E-state index contributed by atoms with van der Waals surface area (Å²) in [5.41, 5.74) is 4.09. The number of fused-ring (bicyclic) bond motifs is 2. The normalized spacial score (nSPS) is 14.0. The van der Waals surface area contributed by atoms with E-state index in [1.807, 2.05) is 41.3 Å². The highest BCUT2D eigenvalue weighted by Crippen LogP contribution is 2.29. The summed E-state index contributed by atoms with van der Waals surface area (Å²) in [6.45, 7) is 1.69. The molecule has 0 spiro atoms. The summed E-state index contributed by atoms with van der Waals surface area (Å²) >= 11 is 0. The lowest BCUT2D eigenvalue weighted by molar-refractivity contribution is 0.0698. The second-order valence-corrected chi connectivity index (χ2v) is 6.08. The Labute approximate surface area is 140 Å². The van der Waals surface area contributed by atoms with Crippen molar-refractivity contribution in [3.8, 4) is 0 Å². The minimum atomic E-state index is -0.0623. The molecule has 0 saturated heterocycles. The molecule has 4 heteroatoms. The number of rotatable bonds is 3. The summed E-state index contributed by atoms with van der Waals surface area (Å²) in [6.07, 6.45) is 0.877. The summed E-state index contributed by atoms with van der Waals surface area (Å²) in [5, 5.41) is 0.945. The van der Waals surface area contributed by atoms with Crippen molar-refractivity contribution in [2.24, 2.45) is 0 Å². The molecule has 0 radical (unpaired) electrons. The van der Waals surface area contributed by atoms with E-state index in [1.165, 1.54) is 11.1 Å². The predicted octanol–water partition coefficient (Wildman–Crippen LogP) is 3.78. The van der Waals surface area contributed by atoms with E-state index in [9.17, 15) is 4.79 Å². The van der Waals surface area contributed by atoms with Crippen LogP contribution in [0.15, 0.2) is 52.9 Å². The number of amides is 1. The van der Waals surface area contributed by atoms with Crippen molar-refractivity contribution in [2.75, 3.05) is 13.7 Å². The van der Waals surface area contributed by atoms with Crippen LogP contribution in [-0.4, -0.2) is 24.5 Å². The Morgan fingerprint density at radius 2 is 1.88 bits per heavy atom. The zero-order valence-electron chi connectivity index (χ0n) is 13.6. The molecule has 0 fully saturated rings. The number of ether oxygens (including phenoxy) is 1. The number of furan rings is 1. The lowest BCUT2D eigenvalue weighted by atomic mass is 9.99. The van der Waals surface area contributed by atoms with Crippen LogP contribution in [-0.2, 0) is 24.3 Å². The summed E-state index contributed by atoms with van der Waals surface area (Å²) in [4.78, 5) is 14.9. The SMILES string of the molecule is COCc1c(C(=O)N2CCc3ccccc3C2)oc2ccccc12. The molecule has 1 aromatic heterocycles. The fourth-order valence-electron chi connectivity index (χ4n) is 3.37. The van der Waals surface area contributed by atoms with Gasteiger partial charge < -0.3 is 14.1 Å². The van der Waals surface area contributed by atoms with Crippen LogP contribution in [0.25, 0.3) is 11.0 Å². The average Bonchev–Trinajstić information content (AvgIpc) is 3.00. The number of para-hydroxylation sites is 1. The fourth-order valence-corrected chi connectivity index (χ4v) is 3.37. The first-order valence-electron chi connectivity index (χ1n) is 8.13. The number of methoxy groups -OCH3 is 1. The molecule has 1 aliphatic rings. The van der Waals surface area contributed by atoms with Gasteiger partial charge in [0.05, 0.1) is 6.61 Å². The first-order valence-corrected chi connectivity index (χ1v) is 8.13. The monoisotopic (exact) mass is 321 g/mol. The molecule has 0 saturated carbocycles. The van der Waals surface area contributed by atoms with Crippen LogP contribution in [0, 0.1) is 0 Å². The van der Waals surface area contributed by atoms with E-state index in [1.54, 1.807) is 7.11 Å². The molecular formula is C20H19NO3. The Hall–Kier alpha value is -2.59. The molecule has 24 heavy (non-hydrogen) atoms. The minimum Gasteiger partial charge on any atom is -0.451 e. The van der Waals surface area contributed by atoms with Crippen molar-refractivity contribution in [2.45, 2.75) is 19.6 Å². The molecule has 0 bridgehead atoms. The smallest absolute Gasteiger partial charge is 0.290 e. The zero-order chi connectivity index (χ0) is 16.5. The van der Waals surface area contributed by atoms with Crippen molar-refractivity contribution in [3.05, 3.63) is 71.0 Å². The van der Waals surface area contributed by atoms with Crippen molar-refractivity contribution in [1.82, 2.24) is 4.90 Å². The minimum absolute atomic E-state index is 0.0623. The zero-order valence-corrected chi connectivity index (χ0v) is 13.6. The molecular weight excluding hydrogens is 302 g/mol. The quantitative estimate of drug-likeness (QED) is 0.737. The third-order valence-corrected chi connectivity index (χ3v) is 4.60. The topological polar surface area (TPSA) is 42.7 Å². The standard InChI is InChI=1S/C20H19NO3/c1-23-13-17-16-8-4-5-9-18(16)24-19(17)20(22)21-11-10-14-6-2-3-7-15(14)12-21/h2-9H,10-13H2,1H3. The van der Waals surface area contributed by atoms with Crippen LogP contribution >= 0.6 is 0 Å². The van der Waals surface area contributed by atoms with Gasteiger partial charge in [0.1, 0.15) is 5.58 Å². The highest BCUT2D eigenvalue weighted by molar-refractivity contribution is 5.99. The Bertz CT molecular complexity index is 897. The molecule has 3 aromatic rings. The Morgan fingerprint density at radius 1 is 1.12 bits per heavy atom. The van der Waals surface area contributed by atoms with E-state index >= 15 is 0 Å². The van der Waals surface area contributed by atoms with Gasteiger partial charge in [-0.3, -0.25) is 4.79 Å². The molecule has 2 heterocycles. The highest BCUT2D eigenvalue weighted by atomic mass is 16.5. The van der Waals surface area contributed by atoms with Gasteiger partial charge in [0.15, 0.2) is 5.76 Å². The van der Waals surface area contributed by atoms with Gasteiger partial charge in [0.25, 0.3) is 5.91 Å². The van der Waals surface area contributed by atoms with Gasteiger partial charge in [0.2, 0.25) is 0 Å². The maximum absolute atomic E-state index is 13.1. The van der Waals surface area contributed by atoms with E-state index in [0.717, 1.165) is 23.0 Å². The Kier molecular flexibility index (Phi) is 3.82. The van der Waals surface area contributed by atoms with Crippen LogP contribution in [0.4, 0.5) is 0 Å². The van der Waals surface area contributed by atoms with Gasteiger partial charge >= 0.3 is 0 Å². The molecule has 0 aliphatic carbocycles. The maximum atomic E-state index is 13.1. The lowest BCUT2D eigenvalue weighted by Crippen LogP contribution is -2.36. The predicted molar refractivity (Wildman–Crippen MR) is 91.8 cm³/mol. The molecule has 4 nitrogen and oxygen atoms in total. The highest BCUT2D eigenvalue weighted by Gasteiger charge is 2.27. The van der Waals surface area contributed by atoms with Crippen molar-refractivity contribution >= 4 is 16.9 Å². The molecule has 0 atom stereocenters. The number of benzene rings is 2. The summed E-state index contributed by atoms with van der Waals surface area (Å²) in [7, 11) is 1.63. The molecule has 122 valence electrons. The largest absolute Gasteiger partial charge is 0.451 e. The van der Waals surface area contributed by atoms with Crippen LogP contribution in [0.1, 0.15) is 27.2 Å². The van der Waals surface area contributed by atoms with E-state index in [2.05, 4.69) is 12.1 Å². The van der Waals surface area contributed by atoms with Gasteiger partial charge in [-0.25, -0.2) is 0 Å². The molecule has 4 rings (SSSR count). The third kappa shape index (κ3) is 2.49. The fraction of sp³-hybridized carbons (Fsp3) is 0.250. The molecule has 0 unspecified atom stereocenters. The van der Waals surface area contributed by atoms with E-state index in [0.29, 0.717) is 25.5 Å². The second kappa shape index (κ2) is 6.13. The van der Waals surface area contributed by atoms with Crippen LogP contribution in [0.2, 0.25) is 0 Å². The number of hydrogen-bond acceptors (Lipinski definition) is 3. The third-order valence-electron chi connectivity index (χ3n) is 4.60. The lowest BCUT2D eigenvalue weighted by Gasteiger charge is -2.28. The molecule has 2 aromatic carbocycles. The molecule has 1 amide bonds. The van der Waals surface area contributed by atoms with E-state index in [-0.39, 0.29) is 5.91 Å². The number of carbonyl (C=O) groups excluding carboxylic acids is 1. The second-order valence-electron chi connectivity index (χ2n) is 6.08. The van der Waals surface area contributed by atoms with Crippen LogP contribution in [0.5, 0.6) is 0 Å². The number of hydrogen-bond donors (Lipinski definition) is 0. The number of nitrogens with zero attached hydrogens (tertiary/aromatic N) is 1. The van der Waals surface area contributed by atoms with Gasteiger partial charge in [-0.15, -0.1) is 0 Å². The van der Waals surface area contributed by atoms with Crippen molar-refractivity contribution < 1.29 is 13.9 Å². The summed E-state index contributed by atoms with van der Waals surface area (Å²) in [5.74, 6) is 0.338. The van der Waals surface area contributed by atoms with E-state index in [4.69, 9.17) is 9.15 Å². The maximum Gasteiger partial charge on any atom is 0.290 e. The Balaban J connectivity index is 1.70. The van der Waals surface area contributed by atoms with Gasteiger partial charge in [-0.2, -0.15) is 0 Å². The summed E-state index contributed by atoms with van der Waals surface area (Å²) in [6, 6.07) is 16.0. The van der Waals surface area contributed by atoms with E-state index < -0.39 is 0 Å². The molecule has 0 N–H and O–H groups in total. The van der Waals surface area contributed by atoms with Crippen LogP contribution in [0.3, 0.4) is 0 Å². The average molecular weight is 321 g/mol. The van der Waals surface area contributed by atoms with Gasteiger partial charge in [-0.05, 0) is 23.6 Å². The van der Waals surface area contributed by atoms with Crippen molar-refractivity contribution in [1.29, 1.82) is 0 Å². The Morgan fingerprint density at radius 3 is 2.71 bits per heavy atom. The van der Waals surface area contributed by atoms with Gasteiger partial charge in [0, 0.05) is 31.1 Å². The van der Waals surface area contributed by atoms with Crippen molar-refractivity contribution in [3.63, 3.8) is 0 Å². The summed E-state index contributed by atoms with van der Waals surface area (Å²) < 4.78 is 11.2. The molecule has 1 aliphatic heterocycles. The van der Waals surface area contributed by atoms with Crippen LogP contribution < -0.4 is 0 Å². The van der Waals surface area contributed by atoms with Gasteiger partial charge in [-0.1, -0.05) is 42.5 Å². The number of carbonyl (C=O) groups is 1. The first-order chi connectivity index (χ1) is 11.8.